The van der Waals surface area contributed by atoms with Crippen molar-refractivity contribution in [2.24, 2.45) is 0 Å². The van der Waals surface area contributed by atoms with E-state index in [1.165, 1.54) is 52.8 Å². The number of benzene rings is 8. The van der Waals surface area contributed by atoms with Gasteiger partial charge in [0.25, 0.3) is 0 Å². The van der Waals surface area contributed by atoms with E-state index >= 15 is 0 Å². The van der Waals surface area contributed by atoms with E-state index in [2.05, 4.69) is 176 Å². The van der Waals surface area contributed by atoms with Crippen LogP contribution in [0.4, 0.5) is 0 Å². The van der Waals surface area contributed by atoms with E-state index in [4.69, 9.17) is 9.97 Å². The first kappa shape index (κ1) is 29.5. The van der Waals surface area contributed by atoms with Gasteiger partial charge in [-0.15, -0.1) is 11.3 Å². The third kappa shape index (κ3) is 5.27. The molecular formula is C48H30N2S. The number of hydrogen-bond donors (Lipinski definition) is 0. The van der Waals surface area contributed by atoms with Crippen LogP contribution in [0.1, 0.15) is 0 Å². The molecule has 0 atom stereocenters. The van der Waals surface area contributed by atoms with Crippen molar-refractivity contribution in [2.75, 3.05) is 0 Å². The van der Waals surface area contributed by atoms with Gasteiger partial charge in [-0.1, -0.05) is 140 Å². The summed E-state index contributed by atoms with van der Waals surface area (Å²) < 4.78 is 2.59. The monoisotopic (exact) mass is 666 g/mol. The minimum absolute atomic E-state index is 0.708. The highest BCUT2D eigenvalue weighted by atomic mass is 32.1. The number of rotatable bonds is 5. The lowest BCUT2D eigenvalue weighted by Crippen LogP contribution is -1.97. The van der Waals surface area contributed by atoms with E-state index in [1.54, 1.807) is 0 Å². The molecule has 0 unspecified atom stereocenters. The molecule has 0 saturated heterocycles. The van der Waals surface area contributed by atoms with Gasteiger partial charge in [0, 0.05) is 36.9 Å². The maximum absolute atomic E-state index is 5.33. The highest BCUT2D eigenvalue weighted by Gasteiger charge is 2.17. The summed E-state index contributed by atoms with van der Waals surface area (Å²) >= 11 is 1.85. The third-order valence-electron chi connectivity index (χ3n) is 9.85. The molecule has 0 saturated carbocycles. The highest BCUT2D eigenvalue weighted by molar-refractivity contribution is 7.25. The molecule has 0 bridgehead atoms. The second-order valence-electron chi connectivity index (χ2n) is 13.0. The van der Waals surface area contributed by atoms with Crippen LogP contribution in [-0.2, 0) is 0 Å². The first-order valence-electron chi connectivity index (χ1n) is 17.2. The number of hydrogen-bond acceptors (Lipinski definition) is 3. The molecule has 0 fully saturated rings. The molecule has 0 aliphatic heterocycles. The van der Waals surface area contributed by atoms with Crippen LogP contribution in [0, 0.1) is 0 Å². The Hall–Kier alpha value is -6.42. The Morgan fingerprint density at radius 3 is 1.80 bits per heavy atom. The third-order valence-corrected chi connectivity index (χ3v) is 11.0. The SMILES string of the molecule is c1ccc(-c2cc(-c3cc(-c4cccc5ccccc45)cc(-c4cccc5sc6ccccc6c45)c3)nc(-c3ccc4ccccc4c3)n2)cc1. The van der Waals surface area contributed by atoms with Gasteiger partial charge in [-0.25, -0.2) is 9.97 Å². The zero-order valence-electron chi connectivity index (χ0n) is 27.6. The molecule has 10 aromatic rings. The van der Waals surface area contributed by atoms with Crippen molar-refractivity contribution >= 4 is 53.1 Å². The van der Waals surface area contributed by atoms with Crippen LogP contribution in [0.15, 0.2) is 182 Å². The van der Waals surface area contributed by atoms with E-state index in [9.17, 15) is 0 Å². The molecule has 0 spiro atoms. The molecule has 51 heavy (non-hydrogen) atoms. The minimum atomic E-state index is 0.708. The molecule has 0 N–H and O–H groups in total. The van der Waals surface area contributed by atoms with Crippen molar-refractivity contribution < 1.29 is 0 Å². The predicted octanol–water partition coefficient (Wildman–Crippen LogP) is 13.5. The lowest BCUT2D eigenvalue weighted by atomic mass is 9.91. The van der Waals surface area contributed by atoms with E-state index in [1.807, 2.05) is 17.4 Å². The van der Waals surface area contributed by atoms with Crippen molar-refractivity contribution in [3.05, 3.63) is 182 Å². The molecule has 0 radical (unpaired) electrons. The topological polar surface area (TPSA) is 25.8 Å². The Kier molecular flexibility index (Phi) is 7.04. The lowest BCUT2D eigenvalue weighted by molar-refractivity contribution is 1.18. The first-order chi connectivity index (χ1) is 25.2. The van der Waals surface area contributed by atoms with Gasteiger partial charge in [0.1, 0.15) is 0 Å². The van der Waals surface area contributed by atoms with Crippen LogP contribution in [0.3, 0.4) is 0 Å². The van der Waals surface area contributed by atoms with Gasteiger partial charge < -0.3 is 0 Å². The average Bonchev–Trinajstić information content (AvgIpc) is 3.59. The summed E-state index contributed by atoms with van der Waals surface area (Å²) in [5.41, 5.74) is 9.62. The van der Waals surface area contributed by atoms with Crippen molar-refractivity contribution in [1.82, 2.24) is 9.97 Å². The summed E-state index contributed by atoms with van der Waals surface area (Å²) in [7, 11) is 0. The molecule has 3 heteroatoms. The van der Waals surface area contributed by atoms with Gasteiger partial charge in [0.2, 0.25) is 0 Å². The Balaban J connectivity index is 1.25. The number of fused-ring (bicyclic) bond motifs is 5. The van der Waals surface area contributed by atoms with E-state index in [-0.39, 0.29) is 0 Å². The van der Waals surface area contributed by atoms with Gasteiger partial charge >= 0.3 is 0 Å². The standard InChI is InChI=1S/C48H30N2S/c1-2-14-33(15-3-1)43-30-44(50-48(49-43)35-25-24-31-12-4-5-16-34(31)26-35)38-28-36(40-20-10-17-32-13-6-7-18-39(32)40)27-37(29-38)41-21-11-23-46-47(41)42-19-8-9-22-45(42)51-46/h1-30H. The van der Waals surface area contributed by atoms with Crippen molar-refractivity contribution in [3.8, 4) is 56.2 Å². The predicted molar refractivity (Wildman–Crippen MR) is 217 cm³/mol. The zero-order chi connectivity index (χ0) is 33.7. The van der Waals surface area contributed by atoms with Crippen molar-refractivity contribution in [3.63, 3.8) is 0 Å². The van der Waals surface area contributed by atoms with Crippen LogP contribution in [0.25, 0.3) is 97.9 Å². The van der Waals surface area contributed by atoms with Gasteiger partial charge in [0.15, 0.2) is 5.82 Å². The maximum atomic E-state index is 5.33. The molecule has 0 aliphatic carbocycles. The van der Waals surface area contributed by atoms with Crippen LogP contribution in [0.5, 0.6) is 0 Å². The summed E-state index contributed by atoms with van der Waals surface area (Å²) in [4.78, 5) is 10.5. The fourth-order valence-electron chi connectivity index (χ4n) is 7.39. The van der Waals surface area contributed by atoms with Gasteiger partial charge in [-0.3, -0.25) is 0 Å². The van der Waals surface area contributed by atoms with Crippen molar-refractivity contribution in [1.29, 1.82) is 0 Å². The second-order valence-corrected chi connectivity index (χ2v) is 14.1. The Bertz CT molecular complexity index is 2920. The van der Waals surface area contributed by atoms with E-state index < -0.39 is 0 Å². The first-order valence-corrected chi connectivity index (χ1v) is 18.0. The molecule has 2 nitrogen and oxygen atoms in total. The highest BCUT2D eigenvalue weighted by Crippen LogP contribution is 2.43. The fourth-order valence-corrected chi connectivity index (χ4v) is 8.52. The molecule has 2 heterocycles. The van der Waals surface area contributed by atoms with Crippen LogP contribution in [-0.4, -0.2) is 9.97 Å². The maximum Gasteiger partial charge on any atom is 0.160 e. The summed E-state index contributed by atoms with van der Waals surface area (Å²) in [5.74, 6) is 0.708. The van der Waals surface area contributed by atoms with Crippen LogP contribution < -0.4 is 0 Å². The quantitative estimate of drug-likeness (QED) is 0.183. The summed E-state index contributed by atoms with van der Waals surface area (Å²) in [5, 5.41) is 7.40. The van der Waals surface area contributed by atoms with Gasteiger partial charge in [0.05, 0.1) is 11.4 Å². The van der Waals surface area contributed by atoms with E-state index in [0.29, 0.717) is 5.82 Å². The Morgan fingerprint density at radius 1 is 0.333 bits per heavy atom. The summed E-state index contributed by atoms with van der Waals surface area (Å²) in [6.07, 6.45) is 0. The smallest absolute Gasteiger partial charge is 0.160 e. The largest absolute Gasteiger partial charge is 0.228 e. The second kappa shape index (κ2) is 12.2. The molecule has 238 valence electrons. The Labute approximate surface area is 300 Å². The normalized spacial score (nSPS) is 11.5. The average molecular weight is 667 g/mol. The summed E-state index contributed by atoms with van der Waals surface area (Å²) in [6.45, 7) is 0. The Morgan fingerprint density at radius 2 is 0.941 bits per heavy atom. The number of thiophene rings is 1. The molecule has 0 aliphatic rings. The molecule has 10 rings (SSSR count). The van der Waals surface area contributed by atoms with Gasteiger partial charge in [-0.2, -0.15) is 0 Å². The van der Waals surface area contributed by atoms with E-state index in [0.717, 1.165) is 39.2 Å². The molecule has 2 aromatic heterocycles. The van der Waals surface area contributed by atoms with Crippen LogP contribution >= 0.6 is 11.3 Å². The number of nitrogens with zero attached hydrogens (tertiary/aromatic N) is 2. The molecule has 8 aromatic carbocycles. The fraction of sp³-hybridized carbons (Fsp3) is 0. The van der Waals surface area contributed by atoms with Crippen molar-refractivity contribution in [2.45, 2.75) is 0 Å². The lowest BCUT2D eigenvalue weighted by Gasteiger charge is -2.15. The zero-order valence-corrected chi connectivity index (χ0v) is 28.4. The molecular weight excluding hydrogens is 637 g/mol. The molecule has 0 amide bonds. The summed E-state index contributed by atoms with van der Waals surface area (Å²) in [6, 6.07) is 65.2. The minimum Gasteiger partial charge on any atom is -0.228 e. The van der Waals surface area contributed by atoms with Gasteiger partial charge in [-0.05, 0) is 86.3 Å². The number of aromatic nitrogens is 2. The van der Waals surface area contributed by atoms with Crippen LogP contribution in [0.2, 0.25) is 0 Å².